The number of benzene rings is 2. The van der Waals surface area contributed by atoms with Crippen molar-refractivity contribution in [3.8, 4) is 0 Å². The van der Waals surface area contributed by atoms with Gasteiger partial charge in [0.15, 0.2) is 0 Å². The van der Waals surface area contributed by atoms with Gasteiger partial charge in [-0.3, -0.25) is 9.10 Å². The summed E-state index contributed by atoms with van der Waals surface area (Å²) in [4.78, 5) is 12.9. The van der Waals surface area contributed by atoms with Gasteiger partial charge in [-0.1, -0.05) is 29.3 Å². The Morgan fingerprint density at radius 1 is 1.13 bits per heavy atom. The van der Waals surface area contributed by atoms with Gasteiger partial charge < -0.3 is 5.32 Å². The fraction of sp³-hybridized carbons (Fsp3) is 0.400. The Kier molecular flexibility index (Phi) is 6.19. The van der Waals surface area contributed by atoms with E-state index in [2.05, 4.69) is 11.4 Å². The average molecular weight is 439 g/mol. The number of sulfonamides is 1. The summed E-state index contributed by atoms with van der Waals surface area (Å²) < 4.78 is 28.0. The molecule has 2 aromatic carbocycles. The molecule has 2 aromatic rings. The fourth-order valence-corrected chi connectivity index (χ4v) is 6.20. The third-order valence-electron chi connectivity index (χ3n) is 6.19. The van der Waals surface area contributed by atoms with Crippen LogP contribution in [0.3, 0.4) is 0 Å². The lowest BCUT2D eigenvalue weighted by molar-refractivity contribution is 0.0954. The van der Waals surface area contributed by atoms with Crippen LogP contribution in [0.5, 0.6) is 0 Å². The predicted octanol–water partition coefficient (Wildman–Crippen LogP) is 4.76. The van der Waals surface area contributed by atoms with Gasteiger partial charge >= 0.3 is 0 Å². The molecule has 1 N–H and O–H groups in total. The Labute approximate surface area is 185 Å². The number of carbonyl (C=O) groups is 1. The molecule has 0 radical (unpaired) electrons. The van der Waals surface area contributed by atoms with Crippen LogP contribution < -0.4 is 9.62 Å². The second-order valence-corrected chi connectivity index (χ2v) is 10.4. The maximum atomic E-state index is 13.3. The summed E-state index contributed by atoms with van der Waals surface area (Å²) in [6.07, 6.45) is 8.58. The molecular weight excluding hydrogens is 408 g/mol. The minimum absolute atomic E-state index is 0.105. The lowest BCUT2D eigenvalue weighted by Gasteiger charge is -2.24. The highest BCUT2D eigenvalue weighted by Crippen LogP contribution is 2.37. The van der Waals surface area contributed by atoms with Crippen LogP contribution in [0.15, 0.2) is 59.0 Å². The molecule has 31 heavy (non-hydrogen) atoms. The monoisotopic (exact) mass is 438 g/mol. The standard InChI is InChI=1S/C25H30N2O3S/c1-18-8-11-23(12-9-18)31(29,30)27-19(2)16-22-17-21(10-13-24(22)27)25(28)26-15-14-20-6-4-3-5-7-20/h6,8-13,17,19H,3-5,7,14-16H2,1-2H3,(H,26,28)/t19-/m0/s1. The predicted molar refractivity (Wildman–Crippen MR) is 124 cm³/mol. The zero-order valence-corrected chi connectivity index (χ0v) is 19.0. The molecule has 0 aromatic heterocycles. The van der Waals surface area contributed by atoms with Gasteiger partial charge in [0.1, 0.15) is 0 Å². The highest BCUT2D eigenvalue weighted by molar-refractivity contribution is 7.92. The molecule has 0 saturated heterocycles. The Bertz CT molecular complexity index is 1100. The summed E-state index contributed by atoms with van der Waals surface area (Å²) in [5, 5.41) is 3.01. The van der Waals surface area contributed by atoms with Gasteiger partial charge in [-0.15, -0.1) is 0 Å². The lowest BCUT2D eigenvalue weighted by atomic mass is 9.97. The van der Waals surface area contributed by atoms with E-state index in [0.29, 0.717) is 24.2 Å². The molecule has 0 saturated carbocycles. The third-order valence-corrected chi connectivity index (χ3v) is 8.13. The smallest absolute Gasteiger partial charge is 0.264 e. The number of hydrogen-bond acceptors (Lipinski definition) is 3. The number of fused-ring (bicyclic) bond motifs is 1. The fourth-order valence-electron chi connectivity index (χ4n) is 4.50. The zero-order chi connectivity index (χ0) is 22.0. The van der Waals surface area contributed by atoms with Crippen molar-refractivity contribution in [3.63, 3.8) is 0 Å². The number of rotatable bonds is 6. The van der Waals surface area contributed by atoms with Gasteiger partial charge in [0.2, 0.25) is 0 Å². The molecule has 1 aliphatic heterocycles. The number of hydrogen-bond donors (Lipinski definition) is 1. The van der Waals surface area contributed by atoms with Crippen molar-refractivity contribution in [2.75, 3.05) is 10.8 Å². The first-order chi connectivity index (χ1) is 14.9. The quantitative estimate of drug-likeness (QED) is 0.662. The largest absolute Gasteiger partial charge is 0.352 e. The first-order valence-electron chi connectivity index (χ1n) is 11.1. The van der Waals surface area contributed by atoms with Gasteiger partial charge in [-0.2, -0.15) is 0 Å². The molecule has 0 unspecified atom stereocenters. The van der Waals surface area contributed by atoms with Crippen molar-refractivity contribution in [1.82, 2.24) is 5.32 Å². The maximum absolute atomic E-state index is 13.3. The van der Waals surface area contributed by atoms with Gasteiger partial charge in [0, 0.05) is 18.2 Å². The molecule has 1 heterocycles. The summed E-state index contributed by atoms with van der Waals surface area (Å²) in [5.41, 5.74) is 4.59. The van der Waals surface area contributed by atoms with Crippen LogP contribution >= 0.6 is 0 Å². The van der Waals surface area contributed by atoms with E-state index < -0.39 is 10.0 Å². The highest BCUT2D eigenvalue weighted by Gasteiger charge is 2.36. The second kappa shape index (κ2) is 8.87. The lowest BCUT2D eigenvalue weighted by Crippen LogP contribution is -2.35. The van der Waals surface area contributed by atoms with Crippen molar-refractivity contribution in [1.29, 1.82) is 0 Å². The van der Waals surface area contributed by atoms with Gasteiger partial charge in [-0.25, -0.2) is 8.42 Å². The van der Waals surface area contributed by atoms with Crippen molar-refractivity contribution < 1.29 is 13.2 Å². The zero-order valence-electron chi connectivity index (χ0n) is 18.2. The number of nitrogens with one attached hydrogen (secondary N) is 1. The first-order valence-corrected chi connectivity index (χ1v) is 12.5. The van der Waals surface area contributed by atoms with E-state index in [-0.39, 0.29) is 16.8 Å². The number of anilines is 1. The SMILES string of the molecule is Cc1ccc(S(=O)(=O)N2c3ccc(C(=O)NCCC4=CCCCC4)cc3C[C@@H]2C)cc1. The summed E-state index contributed by atoms with van der Waals surface area (Å²) in [5.74, 6) is -0.105. The van der Waals surface area contributed by atoms with Crippen molar-refractivity contribution in [2.24, 2.45) is 0 Å². The summed E-state index contributed by atoms with van der Waals surface area (Å²) >= 11 is 0. The maximum Gasteiger partial charge on any atom is 0.264 e. The Balaban J connectivity index is 1.49. The van der Waals surface area contributed by atoms with Crippen LogP contribution in [0.25, 0.3) is 0 Å². The molecule has 164 valence electrons. The van der Waals surface area contributed by atoms with Gasteiger partial charge in [-0.05, 0) is 88.3 Å². The van der Waals surface area contributed by atoms with E-state index >= 15 is 0 Å². The summed E-state index contributed by atoms with van der Waals surface area (Å²) in [6.45, 7) is 4.47. The molecule has 4 rings (SSSR count). The van der Waals surface area contributed by atoms with Crippen LogP contribution in [0.1, 0.15) is 60.5 Å². The number of carbonyl (C=O) groups excluding carboxylic acids is 1. The third kappa shape index (κ3) is 4.54. The van der Waals surface area contributed by atoms with Gasteiger partial charge in [0.05, 0.1) is 10.6 Å². The highest BCUT2D eigenvalue weighted by atomic mass is 32.2. The van der Waals surface area contributed by atoms with E-state index in [1.54, 1.807) is 24.3 Å². The molecule has 2 aliphatic rings. The molecule has 1 atom stereocenters. The van der Waals surface area contributed by atoms with Crippen LogP contribution in [0.4, 0.5) is 5.69 Å². The molecule has 0 fully saturated rings. The van der Waals surface area contributed by atoms with Gasteiger partial charge in [0.25, 0.3) is 15.9 Å². The molecule has 6 heteroatoms. The Morgan fingerprint density at radius 2 is 1.90 bits per heavy atom. The molecular formula is C25H30N2O3S. The number of amides is 1. The summed E-state index contributed by atoms with van der Waals surface area (Å²) in [6, 6.07) is 12.1. The molecule has 1 amide bonds. The van der Waals surface area contributed by atoms with E-state index in [9.17, 15) is 13.2 Å². The molecule has 0 spiro atoms. The summed E-state index contributed by atoms with van der Waals surface area (Å²) in [7, 11) is -3.65. The van der Waals surface area contributed by atoms with Crippen molar-refractivity contribution in [3.05, 3.63) is 70.8 Å². The van der Waals surface area contributed by atoms with Crippen molar-refractivity contribution >= 4 is 21.6 Å². The van der Waals surface area contributed by atoms with E-state index in [0.717, 1.165) is 30.4 Å². The number of nitrogens with zero attached hydrogens (tertiary/aromatic N) is 1. The second-order valence-electron chi connectivity index (χ2n) is 8.62. The van der Waals surface area contributed by atoms with E-state index in [1.165, 1.54) is 22.7 Å². The minimum Gasteiger partial charge on any atom is -0.352 e. The number of aryl methyl sites for hydroxylation is 1. The average Bonchev–Trinajstić information content (AvgIpc) is 3.10. The Morgan fingerprint density at radius 3 is 2.61 bits per heavy atom. The topological polar surface area (TPSA) is 66.5 Å². The normalized spacial score (nSPS) is 18.5. The van der Waals surface area contributed by atoms with Crippen LogP contribution in [0.2, 0.25) is 0 Å². The first kappa shape index (κ1) is 21.6. The van der Waals surface area contributed by atoms with Crippen LogP contribution in [0, 0.1) is 6.92 Å². The van der Waals surface area contributed by atoms with E-state index in [1.807, 2.05) is 32.0 Å². The molecule has 0 bridgehead atoms. The van der Waals surface area contributed by atoms with Crippen LogP contribution in [-0.2, 0) is 16.4 Å². The Hall–Kier alpha value is -2.60. The van der Waals surface area contributed by atoms with E-state index in [4.69, 9.17) is 0 Å². The van der Waals surface area contributed by atoms with Crippen molar-refractivity contribution in [2.45, 2.75) is 63.3 Å². The molecule has 1 aliphatic carbocycles. The van der Waals surface area contributed by atoms with Crippen LogP contribution in [-0.4, -0.2) is 26.9 Å². The number of allylic oxidation sites excluding steroid dienone is 1. The molecule has 5 nitrogen and oxygen atoms in total. The minimum atomic E-state index is -3.65.